The number of halogens is 4. The molecule has 2 N–H and O–H groups in total. The van der Waals surface area contributed by atoms with Crippen LogP contribution in [0.1, 0.15) is 13.8 Å². The van der Waals surface area contributed by atoms with Crippen molar-refractivity contribution in [2.45, 2.75) is 26.1 Å². The van der Waals surface area contributed by atoms with E-state index >= 15 is 0 Å². The molecule has 0 aromatic heterocycles. The number of cyclic esters (lactones) is 2. The van der Waals surface area contributed by atoms with E-state index < -0.39 is 27.2 Å². The van der Waals surface area contributed by atoms with Crippen LogP contribution in [-0.2, 0) is 47.4 Å². The van der Waals surface area contributed by atoms with Gasteiger partial charge in [-0.2, -0.15) is 0 Å². The number of hydrogen-bond donors (Lipinski definition) is 2. The van der Waals surface area contributed by atoms with Crippen LogP contribution in [0.2, 0.25) is 0 Å². The van der Waals surface area contributed by atoms with Gasteiger partial charge in [0, 0.05) is 80.9 Å². The molecule has 4 aromatic rings. The fourth-order valence-corrected chi connectivity index (χ4v) is 50.0. The number of nitrogens with one attached hydrogen (secondary N) is 2. The first kappa shape index (κ1) is 58.5. The van der Waals surface area contributed by atoms with Gasteiger partial charge in [-0.15, -0.1) is 0 Å². The molecule has 9 rings (SSSR count). The molecule has 5 aliphatic heterocycles. The van der Waals surface area contributed by atoms with Crippen molar-refractivity contribution in [1.29, 1.82) is 0 Å². The minimum atomic E-state index is -1.66. The number of carbonyl (C=O) groups excluding carboxylic acids is 3. The van der Waals surface area contributed by atoms with E-state index in [1.165, 1.54) is 39.5 Å². The van der Waals surface area contributed by atoms with Crippen molar-refractivity contribution in [2.24, 2.45) is 0 Å². The van der Waals surface area contributed by atoms with Gasteiger partial charge >= 0.3 is 12.2 Å². The molecule has 2 atom stereocenters. The second-order valence-corrected chi connectivity index (χ2v) is 38.0. The van der Waals surface area contributed by atoms with Crippen molar-refractivity contribution in [3.8, 4) is 11.5 Å². The van der Waals surface area contributed by atoms with E-state index in [4.69, 9.17) is 64.3 Å². The highest BCUT2D eigenvalue weighted by Crippen LogP contribution is 3.04. The van der Waals surface area contributed by atoms with Crippen LogP contribution in [0, 0.1) is 11.6 Å². The second kappa shape index (κ2) is 27.8. The minimum absolute atomic E-state index is 0.189. The average molecular weight is 1350 g/mol. The molecule has 72 heavy (non-hydrogen) atoms. The number of morpholine rings is 2. The summed E-state index contributed by atoms with van der Waals surface area (Å²) in [6, 6.07) is 25.7. The van der Waals surface area contributed by atoms with Crippen LogP contribution in [0.4, 0.5) is 41.1 Å². The van der Waals surface area contributed by atoms with Crippen molar-refractivity contribution in [3.05, 3.63) is 96.6 Å². The molecule has 0 aliphatic carbocycles. The Morgan fingerprint density at radius 2 is 1.04 bits per heavy atom. The number of carbonyl (C=O) groups is 3. The van der Waals surface area contributed by atoms with Gasteiger partial charge in [-0.3, -0.25) is 14.6 Å². The molecule has 0 saturated carbocycles. The normalized spacial score (nSPS) is 22.3. The smallest absolute Gasteiger partial charge is 0.414 e. The largest absolute Gasteiger partial charge is 0.497 e. The van der Waals surface area contributed by atoms with Gasteiger partial charge in [-0.25, -0.2) is 18.4 Å². The Hall–Kier alpha value is -2.78. The Bertz CT molecular complexity index is 2440. The highest BCUT2D eigenvalue weighted by atomic mass is 128. The Balaban J connectivity index is 0.000000174. The third-order valence-electron chi connectivity index (χ3n) is 11.3. The van der Waals surface area contributed by atoms with E-state index in [0.717, 1.165) is 11.5 Å². The summed E-state index contributed by atoms with van der Waals surface area (Å²) < 4.78 is 57.0. The summed E-state index contributed by atoms with van der Waals surface area (Å²) in [4.78, 5) is 42.3. The van der Waals surface area contributed by atoms with Crippen LogP contribution in [0.5, 0.6) is 11.5 Å². The summed E-state index contributed by atoms with van der Waals surface area (Å²) in [7, 11) is 3.34. The molecule has 3 amide bonds. The zero-order valence-electron chi connectivity index (χ0n) is 39.6. The molecule has 0 spiro atoms. The van der Waals surface area contributed by atoms with Gasteiger partial charge < -0.3 is 48.9 Å². The van der Waals surface area contributed by atoms with Crippen molar-refractivity contribution in [3.63, 3.8) is 0 Å². The molecule has 5 fully saturated rings. The van der Waals surface area contributed by atoms with Crippen LogP contribution >= 0.6 is 80.3 Å². The van der Waals surface area contributed by atoms with Crippen molar-refractivity contribution < 1.29 is 51.6 Å². The van der Waals surface area contributed by atoms with Crippen molar-refractivity contribution in [2.75, 3.05) is 113 Å². The van der Waals surface area contributed by atoms with E-state index in [-0.39, 0.29) is 36.7 Å². The third kappa shape index (κ3) is 15.7. The molecule has 26 heteroatoms. The molecule has 0 bridgehead atoms. The number of anilines is 4. The van der Waals surface area contributed by atoms with Crippen LogP contribution in [0.15, 0.2) is 84.9 Å². The van der Waals surface area contributed by atoms with E-state index in [1.807, 2.05) is 56.1 Å². The maximum absolute atomic E-state index is 14.5. The lowest BCUT2D eigenvalue weighted by Crippen LogP contribution is -2.36. The number of benzene rings is 4. The Kier molecular flexibility index (Phi) is 22.6. The highest BCUT2D eigenvalue weighted by Gasteiger charge is 2.46. The SMILES string of the molecule is CC(=O)NCC1CN(c2ccc(N3CCOCC3)c(F)c2)C(=O)O1.CC(=S)NCC1CN(c2ccc(N3CCOCC3)c(F)c2)C(=O)O1.COc1ccc(P2(=S)SP(=S)(c3ccc(OC)cc3)S2)cc1.II. The fraction of sp³-hybridized carbons (Fsp3) is 0.391. The number of hydrogen-bond acceptors (Lipinski definition) is 16. The zero-order valence-corrected chi connectivity index (χ0v) is 49.8. The monoisotopic (exact) mass is 1350 g/mol. The molecule has 4 aromatic carbocycles. The summed E-state index contributed by atoms with van der Waals surface area (Å²) in [5, 5.41) is 8.02. The lowest BCUT2D eigenvalue weighted by molar-refractivity contribution is -0.119. The first-order valence-corrected chi connectivity index (χ1v) is 38.7. The number of thiocarbonyl (C=S) groups is 1. The van der Waals surface area contributed by atoms with Crippen LogP contribution in [0.3, 0.4) is 0 Å². The topological polar surface area (TPSA) is 144 Å². The quantitative estimate of drug-likeness (QED) is 0.0789. The molecular weight excluding hydrogens is 1290 g/mol. The fourth-order valence-electron chi connectivity index (χ4n) is 7.65. The van der Waals surface area contributed by atoms with E-state index in [9.17, 15) is 23.2 Å². The Labute approximate surface area is 465 Å². The number of methoxy groups -OCH3 is 2. The van der Waals surface area contributed by atoms with Gasteiger partial charge in [0.05, 0.1) is 103 Å². The summed E-state index contributed by atoms with van der Waals surface area (Å²) in [6.07, 6.45) is -1.76. The van der Waals surface area contributed by atoms with Gasteiger partial charge in [0.1, 0.15) is 35.3 Å². The maximum Gasteiger partial charge on any atom is 0.414 e. The van der Waals surface area contributed by atoms with E-state index in [2.05, 4.69) is 72.1 Å². The Morgan fingerprint density at radius 1 is 0.667 bits per heavy atom. The predicted molar refractivity (Wildman–Crippen MR) is 316 cm³/mol. The first-order chi connectivity index (χ1) is 34.6. The zero-order chi connectivity index (χ0) is 52.0. The standard InChI is InChI=1S/C16H20FN3O4.C16H20FN3O3S.C14H14O2P2S4.I2/c1-11(21)18-9-13-10-20(16(22)24-13)12-2-3-15(14(17)8-12)19-4-6-23-7-5-19;1-11(24)18-9-13-10-20(16(21)23-13)12-2-3-15(14(17)8-12)19-4-6-22-7-5-19;1-15-11-3-7-13(8-4-11)17(19)21-18(20,22-17)14-9-5-12(16-2)6-10-14;1-2/h2-3,8,13H,4-7,9-10H2,1H3,(H,18,21);2-3,8,13H,4-7,9-10H2,1H3,(H,18,24);3-10H,1-2H3;. The summed E-state index contributed by atoms with van der Waals surface area (Å²) in [6.45, 7) is 9.42. The third-order valence-corrected chi connectivity index (χ3v) is 42.7. The average Bonchev–Trinajstić information content (AvgIpc) is 3.96. The number of nitrogens with zero attached hydrogens (tertiary/aromatic N) is 4. The first-order valence-electron chi connectivity index (χ1n) is 22.3. The van der Waals surface area contributed by atoms with Gasteiger partial charge in [-0.1, -0.05) is 57.8 Å². The molecule has 5 heterocycles. The lowest BCUT2D eigenvalue weighted by atomic mass is 10.2. The number of rotatable bonds is 12. The number of ether oxygens (including phenoxy) is 6. The molecule has 5 aliphatic rings. The molecule has 2 unspecified atom stereocenters. The van der Waals surface area contributed by atoms with Crippen molar-refractivity contribution in [1.82, 2.24) is 10.6 Å². The minimum Gasteiger partial charge on any atom is -0.497 e. The Morgan fingerprint density at radius 3 is 1.38 bits per heavy atom. The lowest BCUT2D eigenvalue weighted by Gasteiger charge is -2.40. The second-order valence-electron chi connectivity index (χ2n) is 16.1. The molecule has 0 radical (unpaired) electrons. The van der Waals surface area contributed by atoms with Gasteiger partial charge in [0.25, 0.3) is 0 Å². The van der Waals surface area contributed by atoms with E-state index in [1.54, 1.807) is 45.4 Å². The predicted octanol–water partition coefficient (Wildman–Crippen LogP) is 9.57. The van der Waals surface area contributed by atoms with Gasteiger partial charge in [-0.05, 0) is 91.9 Å². The van der Waals surface area contributed by atoms with Gasteiger partial charge in [0.15, 0.2) is 0 Å². The highest BCUT2D eigenvalue weighted by molar-refractivity contribution is 15.0. The summed E-state index contributed by atoms with van der Waals surface area (Å²) in [5.41, 5.74) is 1.98. The van der Waals surface area contributed by atoms with Crippen LogP contribution in [0.25, 0.3) is 0 Å². The van der Waals surface area contributed by atoms with E-state index in [0.29, 0.717) is 93.4 Å². The molecule has 15 nitrogen and oxygen atoms in total. The molecular formula is C46H54F2I2N6O9P2S5. The van der Waals surface area contributed by atoms with Gasteiger partial charge in [0.2, 0.25) is 5.91 Å². The van der Waals surface area contributed by atoms with Crippen LogP contribution < -0.4 is 50.3 Å². The molecule has 5 saturated heterocycles. The summed E-state index contributed by atoms with van der Waals surface area (Å²) in [5.74, 6) is 0.794. The molecule has 390 valence electrons. The van der Waals surface area contributed by atoms with Crippen LogP contribution in [-0.4, -0.2) is 128 Å². The summed E-state index contributed by atoms with van der Waals surface area (Å²) >= 11 is 24.7. The maximum atomic E-state index is 14.5. The number of amides is 3. The van der Waals surface area contributed by atoms with Crippen molar-refractivity contribution >= 4 is 160 Å².